The zero-order chi connectivity index (χ0) is 18.0. The Morgan fingerprint density at radius 1 is 1.28 bits per heavy atom. The van der Waals surface area contributed by atoms with E-state index in [4.69, 9.17) is 9.47 Å². The first-order chi connectivity index (χ1) is 12.0. The predicted molar refractivity (Wildman–Crippen MR) is 95.4 cm³/mol. The number of hydrogen-bond acceptors (Lipinski definition) is 4. The van der Waals surface area contributed by atoms with E-state index in [0.29, 0.717) is 23.7 Å². The van der Waals surface area contributed by atoms with Gasteiger partial charge in [0, 0.05) is 12.6 Å². The quantitative estimate of drug-likeness (QED) is 0.740. The first kappa shape index (κ1) is 16.8. The summed E-state index contributed by atoms with van der Waals surface area (Å²) >= 11 is 0. The Morgan fingerprint density at radius 3 is 2.76 bits per heavy atom. The van der Waals surface area contributed by atoms with E-state index >= 15 is 0 Å². The van der Waals surface area contributed by atoms with E-state index in [1.54, 1.807) is 12.4 Å². The van der Waals surface area contributed by atoms with Gasteiger partial charge >= 0.3 is 5.97 Å². The summed E-state index contributed by atoms with van der Waals surface area (Å²) in [6.07, 6.45) is 2.58. The fourth-order valence-corrected chi connectivity index (χ4v) is 2.74. The maximum absolute atomic E-state index is 11.5. The Balaban J connectivity index is 2.23. The van der Waals surface area contributed by atoms with Gasteiger partial charge in [0.2, 0.25) is 0 Å². The van der Waals surface area contributed by atoms with E-state index < -0.39 is 5.97 Å². The van der Waals surface area contributed by atoms with Gasteiger partial charge in [-0.05, 0) is 36.2 Å². The summed E-state index contributed by atoms with van der Waals surface area (Å²) in [5.41, 5.74) is 3.53. The van der Waals surface area contributed by atoms with Gasteiger partial charge in [0.15, 0.2) is 11.5 Å². The third-order valence-corrected chi connectivity index (χ3v) is 4.01. The Bertz CT molecular complexity index is 931. The molecule has 1 heterocycles. The number of hydrogen-bond donors (Lipinski definition) is 1. The highest BCUT2D eigenvalue weighted by molar-refractivity contribution is 5.93. The minimum absolute atomic E-state index is 0.154. The van der Waals surface area contributed by atoms with Gasteiger partial charge in [-0.2, -0.15) is 0 Å². The number of aryl methyl sites for hydroxylation is 1. The SMILES string of the molecule is CCCOc1c(OC)cc(C(=O)O)cc1-c1ccc2ncn(C)c2c1. The molecule has 0 aliphatic carbocycles. The summed E-state index contributed by atoms with van der Waals surface area (Å²) in [7, 11) is 3.43. The van der Waals surface area contributed by atoms with Gasteiger partial charge in [-0.3, -0.25) is 0 Å². The molecule has 2 aromatic carbocycles. The molecule has 0 saturated heterocycles. The largest absolute Gasteiger partial charge is 0.493 e. The van der Waals surface area contributed by atoms with Gasteiger partial charge in [0.05, 0.1) is 36.6 Å². The molecule has 3 rings (SSSR count). The topological polar surface area (TPSA) is 73.6 Å². The number of aromatic carboxylic acids is 1. The lowest BCUT2D eigenvalue weighted by Crippen LogP contribution is -2.04. The smallest absolute Gasteiger partial charge is 0.335 e. The fourth-order valence-electron chi connectivity index (χ4n) is 2.74. The number of imidazole rings is 1. The van der Waals surface area contributed by atoms with Crippen LogP contribution in [-0.4, -0.2) is 34.3 Å². The lowest BCUT2D eigenvalue weighted by atomic mass is 10.0. The molecule has 1 N–H and O–H groups in total. The van der Waals surface area contributed by atoms with Crippen molar-refractivity contribution in [1.29, 1.82) is 0 Å². The third kappa shape index (κ3) is 3.15. The molecule has 0 saturated carbocycles. The van der Waals surface area contributed by atoms with E-state index in [9.17, 15) is 9.90 Å². The summed E-state index contributed by atoms with van der Waals surface area (Å²) < 4.78 is 13.2. The number of ether oxygens (including phenoxy) is 2. The van der Waals surface area contributed by atoms with Crippen LogP contribution in [0.15, 0.2) is 36.7 Å². The van der Waals surface area contributed by atoms with Gasteiger partial charge in [-0.25, -0.2) is 9.78 Å². The van der Waals surface area contributed by atoms with Crippen molar-refractivity contribution in [2.24, 2.45) is 7.05 Å². The van der Waals surface area contributed by atoms with Crippen LogP contribution in [0.5, 0.6) is 11.5 Å². The Labute approximate surface area is 145 Å². The molecule has 0 fully saturated rings. The molecular formula is C19H20N2O4. The molecule has 1 aromatic heterocycles. The Morgan fingerprint density at radius 2 is 2.08 bits per heavy atom. The molecule has 0 aliphatic rings. The molecular weight excluding hydrogens is 320 g/mol. The number of fused-ring (bicyclic) bond motifs is 1. The zero-order valence-corrected chi connectivity index (χ0v) is 14.4. The van der Waals surface area contributed by atoms with Crippen molar-refractivity contribution in [3.05, 3.63) is 42.2 Å². The summed E-state index contributed by atoms with van der Waals surface area (Å²) in [6, 6.07) is 8.90. The molecule has 6 nitrogen and oxygen atoms in total. The van der Waals surface area contributed by atoms with Gasteiger partial charge in [-0.1, -0.05) is 13.0 Å². The molecule has 6 heteroatoms. The third-order valence-electron chi connectivity index (χ3n) is 4.01. The molecule has 3 aromatic rings. The minimum Gasteiger partial charge on any atom is -0.493 e. The molecule has 130 valence electrons. The van der Waals surface area contributed by atoms with Gasteiger partial charge in [-0.15, -0.1) is 0 Å². The molecule has 25 heavy (non-hydrogen) atoms. The van der Waals surface area contributed by atoms with Crippen molar-refractivity contribution in [2.45, 2.75) is 13.3 Å². The molecule has 0 aliphatic heterocycles. The number of carboxylic acids is 1. The van der Waals surface area contributed by atoms with Gasteiger partial charge < -0.3 is 19.1 Å². The van der Waals surface area contributed by atoms with E-state index in [1.807, 2.05) is 36.7 Å². The monoisotopic (exact) mass is 340 g/mol. The molecule has 0 unspecified atom stereocenters. The Kier molecular flexibility index (Phi) is 4.61. The maximum atomic E-state index is 11.5. The number of aromatic nitrogens is 2. The van der Waals surface area contributed by atoms with Crippen LogP contribution in [0.1, 0.15) is 23.7 Å². The minimum atomic E-state index is -1.01. The fraction of sp³-hybridized carbons (Fsp3) is 0.263. The number of carbonyl (C=O) groups is 1. The van der Waals surface area contributed by atoms with E-state index in [2.05, 4.69) is 4.98 Å². The molecule has 0 spiro atoms. The van der Waals surface area contributed by atoms with Crippen LogP contribution in [0.25, 0.3) is 22.2 Å². The van der Waals surface area contributed by atoms with Crippen molar-refractivity contribution in [2.75, 3.05) is 13.7 Å². The number of methoxy groups -OCH3 is 1. The number of rotatable bonds is 6. The van der Waals surface area contributed by atoms with Crippen molar-refractivity contribution in [1.82, 2.24) is 9.55 Å². The van der Waals surface area contributed by atoms with Crippen LogP contribution in [0.2, 0.25) is 0 Å². The molecule has 0 radical (unpaired) electrons. The van der Waals surface area contributed by atoms with Gasteiger partial charge in [0.1, 0.15) is 0 Å². The lowest BCUT2D eigenvalue weighted by molar-refractivity contribution is 0.0696. The standard InChI is InChI=1S/C19H20N2O4/c1-4-7-25-18-14(8-13(19(22)23)10-17(18)24-3)12-5-6-15-16(9-12)21(2)11-20-15/h5-6,8-11H,4,7H2,1-3H3,(H,22,23). The van der Waals surface area contributed by atoms with Crippen LogP contribution < -0.4 is 9.47 Å². The highest BCUT2D eigenvalue weighted by Crippen LogP contribution is 2.40. The number of benzene rings is 2. The average Bonchev–Trinajstić information content (AvgIpc) is 2.99. The zero-order valence-electron chi connectivity index (χ0n) is 14.4. The van der Waals surface area contributed by atoms with Crippen LogP contribution in [-0.2, 0) is 7.05 Å². The summed E-state index contributed by atoms with van der Waals surface area (Å²) in [6.45, 7) is 2.53. The van der Waals surface area contributed by atoms with Crippen LogP contribution in [0, 0.1) is 0 Å². The maximum Gasteiger partial charge on any atom is 0.335 e. The second-order valence-electron chi connectivity index (χ2n) is 5.77. The summed E-state index contributed by atoms with van der Waals surface area (Å²) in [5.74, 6) is -0.0486. The highest BCUT2D eigenvalue weighted by Gasteiger charge is 2.18. The number of carboxylic acid groups (broad SMARTS) is 1. The van der Waals surface area contributed by atoms with Crippen LogP contribution in [0.4, 0.5) is 0 Å². The second-order valence-corrected chi connectivity index (χ2v) is 5.77. The first-order valence-electron chi connectivity index (χ1n) is 8.04. The van der Waals surface area contributed by atoms with Gasteiger partial charge in [0.25, 0.3) is 0 Å². The predicted octanol–water partition coefficient (Wildman–Crippen LogP) is 3.74. The van der Waals surface area contributed by atoms with Crippen molar-refractivity contribution in [3.8, 4) is 22.6 Å². The van der Waals surface area contributed by atoms with Crippen molar-refractivity contribution in [3.63, 3.8) is 0 Å². The second kappa shape index (κ2) is 6.84. The molecule has 0 atom stereocenters. The van der Waals surface area contributed by atoms with E-state index in [-0.39, 0.29) is 5.56 Å². The summed E-state index contributed by atoms with van der Waals surface area (Å²) in [5, 5.41) is 9.42. The first-order valence-corrected chi connectivity index (χ1v) is 8.04. The summed E-state index contributed by atoms with van der Waals surface area (Å²) in [4.78, 5) is 15.8. The van der Waals surface area contributed by atoms with E-state index in [1.165, 1.54) is 13.2 Å². The lowest BCUT2D eigenvalue weighted by Gasteiger charge is -2.16. The van der Waals surface area contributed by atoms with Crippen molar-refractivity contribution >= 4 is 17.0 Å². The average molecular weight is 340 g/mol. The van der Waals surface area contributed by atoms with Crippen LogP contribution in [0.3, 0.4) is 0 Å². The van der Waals surface area contributed by atoms with E-state index in [0.717, 1.165) is 23.0 Å². The molecule has 0 amide bonds. The molecule has 0 bridgehead atoms. The van der Waals surface area contributed by atoms with Crippen molar-refractivity contribution < 1.29 is 19.4 Å². The van der Waals surface area contributed by atoms with Crippen LogP contribution >= 0.6 is 0 Å². The highest BCUT2D eigenvalue weighted by atomic mass is 16.5. The Hall–Kier alpha value is -3.02. The number of nitrogens with zero attached hydrogens (tertiary/aromatic N) is 2. The normalized spacial score (nSPS) is 10.8.